The van der Waals surface area contributed by atoms with Crippen molar-refractivity contribution in [2.75, 3.05) is 11.1 Å². The van der Waals surface area contributed by atoms with E-state index >= 15 is 0 Å². The van der Waals surface area contributed by atoms with Crippen LogP contribution < -0.4 is 16.0 Å². The average molecular weight is 358 g/mol. The highest BCUT2D eigenvalue weighted by molar-refractivity contribution is 8.01. The van der Waals surface area contributed by atoms with Gasteiger partial charge in [0.1, 0.15) is 0 Å². The zero-order valence-electron chi connectivity index (χ0n) is 13.6. The lowest BCUT2D eigenvalue weighted by atomic mass is 10.1. The highest BCUT2D eigenvalue weighted by Gasteiger charge is 2.18. The molecule has 1 fully saturated rings. The predicted octanol–water partition coefficient (Wildman–Crippen LogP) is 2.61. The monoisotopic (exact) mass is 357 g/mol. The number of amides is 3. The summed E-state index contributed by atoms with van der Waals surface area (Å²) < 4.78 is 0.697. The Bertz CT molecular complexity index is 550. The van der Waals surface area contributed by atoms with Crippen LogP contribution in [0.25, 0.3) is 0 Å². The van der Waals surface area contributed by atoms with E-state index in [1.807, 2.05) is 20.8 Å². The van der Waals surface area contributed by atoms with E-state index in [2.05, 4.69) is 26.1 Å². The molecule has 0 aromatic carbocycles. The molecule has 0 saturated heterocycles. The summed E-state index contributed by atoms with van der Waals surface area (Å²) in [5.74, 6) is -0.187. The van der Waals surface area contributed by atoms with Crippen molar-refractivity contribution in [3.8, 4) is 0 Å². The van der Waals surface area contributed by atoms with E-state index < -0.39 is 6.03 Å². The van der Waals surface area contributed by atoms with Gasteiger partial charge in [0.2, 0.25) is 11.0 Å². The van der Waals surface area contributed by atoms with E-state index in [4.69, 9.17) is 0 Å². The normalized spacial score (nSPS) is 15.4. The number of urea groups is 1. The van der Waals surface area contributed by atoms with Gasteiger partial charge >= 0.3 is 6.03 Å². The summed E-state index contributed by atoms with van der Waals surface area (Å²) in [6.07, 6.45) is 4.25. The molecule has 1 saturated carbocycles. The maximum Gasteiger partial charge on any atom is 0.321 e. The van der Waals surface area contributed by atoms with E-state index in [1.54, 1.807) is 0 Å². The summed E-state index contributed by atoms with van der Waals surface area (Å²) in [7, 11) is 0. The van der Waals surface area contributed by atoms with Crippen molar-refractivity contribution >= 4 is 40.2 Å². The molecule has 1 aromatic rings. The van der Waals surface area contributed by atoms with Crippen molar-refractivity contribution < 1.29 is 9.59 Å². The van der Waals surface area contributed by atoms with Crippen LogP contribution in [0.5, 0.6) is 0 Å². The van der Waals surface area contributed by atoms with Gasteiger partial charge in [-0.15, -0.1) is 10.2 Å². The molecule has 0 unspecified atom stereocenters. The van der Waals surface area contributed by atoms with Crippen molar-refractivity contribution in [3.63, 3.8) is 0 Å². The molecular weight excluding hydrogens is 334 g/mol. The highest BCUT2D eigenvalue weighted by Crippen LogP contribution is 2.27. The molecule has 0 atom stereocenters. The summed E-state index contributed by atoms with van der Waals surface area (Å²) in [5, 5.41) is 17.2. The summed E-state index contributed by atoms with van der Waals surface area (Å²) in [4.78, 5) is 23.5. The van der Waals surface area contributed by atoms with Gasteiger partial charge < -0.3 is 10.6 Å². The largest absolute Gasteiger partial charge is 0.355 e. The van der Waals surface area contributed by atoms with Crippen LogP contribution in [-0.4, -0.2) is 39.5 Å². The topological polar surface area (TPSA) is 96.0 Å². The molecule has 1 aliphatic rings. The van der Waals surface area contributed by atoms with Gasteiger partial charge in [-0.05, 0) is 33.6 Å². The number of hydrogen-bond acceptors (Lipinski definition) is 7. The number of rotatable bonds is 5. The van der Waals surface area contributed by atoms with Crippen molar-refractivity contribution in [1.29, 1.82) is 0 Å². The Hall–Kier alpha value is -1.35. The quantitative estimate of drug-likeness (QED) is 0.701. The molecule has 0 bridgehead atoms. The lowest BCUT2D eigenvalue weighted by molar-refractivity contribution is -0.117. The first-order valence-corrected chi connectivity index (χ1v) is 9.47. The SMILES string of the molecule is CC(C)(C)Nc1nnc(SCC(=O)NC(=O)NC2CCCC2)s1. The Kier molecular flexibility index (Phi) is 6.23. The zero-order chi connectivity index (χ0) is 16.9. The van der Waals surface area contributed by atoms with Gasteiger partial charge in [0, 0.05) is 11.6 Å². The van der Waals surface area contributed by atoms with Gasteiger partial charge in [0.05, 0.1) is 5.75 Å². The fourth-order valence-corrected chi connectivity index (χ4v) is 3.98. The Labute approximate surface area is 144 Å². The molecule has 128 valence electrons. The summed E-state index contributed by atoms with van der Waals surface area (Å²) in [6.45, 7) is 6.12. The molecule has 0 spiro atoms. The third-order valence-electron chi connectivity index (χ3n) is 3.16. The molecule has 1 aliphatic carbocycles. The first-order valence-electron chi connectivity index (χ1n) is 7.67. The summed E-state index contributed by atoms with van der Waals surface area (Å²) in [5.41, 5.74) is -0.0861. The van der Waals surface area contributed by atoms with Crippen LogP contribution >= 0.6 is 23.1 Å². The number of anilines is 1. The van der Waals surface area contributed by atoms with Crippen LogP contribution in [0.15, 0.2) is 4.34 Å². The van der Waals surface area contributed by atoms with Crippen molar-refractivity contribution in [2.45, 2.75) is 62.4 Å². The number of carbonyl (C=O) groups excluding carboxylic acids is 2. The van der Waals surface area contributed by atoms with Crippen LogP contribution in [0.2, 0.25) is 0 Å². The average Bonchev–Trinajstić information content (AvgIpc) is 3.06. The molecule has 7 nitrogen and oxygen atoms in total. The number of nitrogens with one attached hydrogen (secondary N) is 3. The number of thioether (sulfide) groups is 1. The highest BCUT2D eigenvalue weighted by atomic mass is 32.2. The number of aromatic nitrogens is 2. The third-order valence-corrected chi connectivity index (χ3v) is 5.13. The van der Waals surface area contributed by atoms with Crippen LogP contribution in [0.3, 0.4) is 0 Å². The predicted molar refractivity (Wildman–Crippen MR) is 92.9 cm³/mol. The van der Waals surface area contributed by atoms with Crippen LogP contribution in [-0.2, 0) is 4.79 Å². The number of carbonyl (C=O) groups is 2. The van der Waals surface area contributed by atoms with Crippen LogP contribution in [0.1, 0.15) is 46.5 Å². The van der Waals surface area contributed by atoms with Gasteiger partial charge in [-0.2, -0.15) is 0 Å². The standard InChI is InChI=1S/C14H23N5O2S2/c1-14(2,3)17-12-18-19-13(23-12)22-8-10(20)16-11(21)15-9-6-4-5-7-9/h9H,4-8H2,1-3H3,(H,17,18)(H2,15,16,20,21). The second kappa shape index (κ2) is 7.96. The van der Waals surface area contributed by atoms with Crippen LogP contribution in [0.4, 0.5) is 9.93 Å². The minimum absolute atomic E-state index is 0.0861. The van der Waals surface area contributed by atoms with Gasteiger partial charge in [0.25, 0.3) is 0 Å². The van der Waals surface area contributed by atoms with Gasteiger partial charge in [-0.25, -0.2) is 4.79 Å². The van der Waals surface area contributed by atoms with Crippen molar-refractivity contribution in [2.24, 2.45) is 0 Å². The van der Waals surface area contributed by atoms with Gasteiger partial charge in [-0.1, -0.05) is 35.9 Å². The molecule has 2 rings (SSSR count). The fraction of sp³-hybridized carbons (Fsp3) is 0.714. The molecule has 1 heterocycles. The molecule has 9 heteroatoms. The smallest absolute Gasteiger partial charge is 0.321 e. The Morgan fingerprint density at radius 1 is 1.26 bits per heavy atom. The number of hydrogen-bond donors (Lipinski definition) is 3. The van der Waals surface area contributed by atoms with Gasteiger partial charge in [0.15, 0.2) is 4.34 Å². The van der Waals surface area contributed by atoms with E-state index in [1.165, 1.54) is 23.1 Å². The van der Waals surface area contributed by atoms with E-state index in [0.29, 0.717) is 4.34 Å². The maximum atomic E-state index is 11.8. The minimum atomic E-state index is -0.408. The zero-order valence-corrected chi connectivity index (χ0v) is 15.3. The Morgan fingerprint density at radius 2 is 1.96 bits per heavy atom. The summed E-state index contributed by atoms with van der Waals surface area (Å²) >= 11 is 2.67. The molecule has 3 N–H and O–H groups in total. The Balaban J connectivity index is 1.70. The molecule has 1 aromatic heterocycles. The van der Waals surface area contributed by atoms with E-state index in [-0.39, 0.29) is 23.2 Å². The Morgan fingerprint density at radius 3 is 2.61 bits per heavy atom. The van der Waals surface area contributed by atoms with Gasteiger partial charge in [-0.3, -0.25) is 10.1 Å². The van der Waals surface area contributed by atoms with Crippen molar-refractivity contribution in [3.05, 3.63) is 0 Å². The maximum absolute atomic E-state index is 11.8. The molecular formula is C14H23N5O2S2. The molecule has 23 heavy (non-hydrogen) atoms. The molecule has 0 aliphatic heterocycles. The number of nitrogens with zero attached hydrogens (tertiary/aromatic N) is 2. The van der Waals surface area contributed by atoms with Crippen molar-refractivity contribution in [1.82, 2.24) is 20.8 Å². The third kappa shape index (κ3) is 6.74. The first kappa shape index (κ1) is 18.0. The minimum Gasteiger partial charge on any atom is -0.355 e. The lowest BCUT2D eigenvalue weighted by Gasteiger charge is -2.18. The molecule has 0 radical (unpaired) electrons. The van der Waals surface area contributed by atoms with E-state index in [9.17, 15) is 9.59 Å². The first-order chi connectivity index (χ1) is 10.8. The molecule has 3 amide bonds. The summed E-state index contributed by atoms with van der Waals surface area (Å²) in [6, 6.07) is -0.209. The second-order valence-electron chi connectivity index (χ2n) is 6.54. The van der Waals surface area contributed by atoms with Crippen LogP contribution in [0, 0.1) is 0 Å². The van der Waals surface area contributed by atoms with E-state index in [0.717, 1.165) is 30.8 Å². The lowest BCUT2D eigenvalue weighted by Crippen LogP contribution is -2.44. The number of imide groups is 1. The fourth-order valence-electron chi connectivity index (χ4n) is 2.22. The second-order valence-corrected chi connectivity index (χ2v) is 8.74.